The number of hydrogen-bond donors (Lipinski definition) is 1. The zero-order chi connectivity index (χ0) is 31.5. The summed E-state index contributed by atoms with van der Waals surface area (Å²) < 4.78 is 48.8. The molecule has 4 rings (SSSR count). The summed E-state index contributed by atoms with van der Waals surface area (Å²) in [5.41, 5.74) is 6.24. The number of para-hydroxylation sites is 1. The van der Waals surface area contributed by atoms with Crippen molar-refractivity contribution in [1.29, 1.82) is 0 Å². The van der Waals surface area contributed by atoms with E-state index in [2.05, 4.69) is 34.8 Å². The fourth-order valence-corrected chi connectivity index (χ4v) is 7.19. The minimum atomic E-state index is -4.16. The van der Waals surface area contributed by atoms with Crippen molar-refractivity contribution in [3.63, 3.8) is 0 Å². The average molecular weight is 647 g/mol. The molecule has 0 unspecified atom stereocenters. The molecule has 15 heteroatoms. The highest BCUT2D eigenvalue weighted by atomic mass is 35.5. The molecule has 1 amide bonds. The number of primary amides is 1. The number of aromatic nitrogens is 4. The molecular formula is C28H35ClN6O6SSi. The second-order valence-electron chi connectivity index (χ2n) is 11.1. The standard InChI is InChI=1S/C28H35ClN6O6SSi/c1-18(15-21-20(26(30)36)16-19(29)17-31-21)42(37,38)34(12-14-43(4,5)6)28-33-32-27(24-11-8-13-41-24)35(28)25-22(39-2)9-7-10-23(25)40-3/h7-11,13,16-18H,12,14-15H2,1-6H3,(H2,30,36)/t18-/m0/s1. The van der Waals surface area contributed by atoms with Crippen molar-refractivity contribution in [2.75, 3.05) is 25.1 Å². The fourth-order valence-electron chi connectivity index (χ4n) is 4.48. The highest BCUT2D eigenvalue weighted by Crippen LogP contribution is 2.39. The normalized spacial score (nSPS) is 12.6. The first-order valence-corrected chi connectivity index (χ1v) is 19.0. The molecule has 2 N–H and O–H groups in total. The van der Waals surface area contributed by atoms with Crippen LogP contribution in [0.2, 0.25) is 30.7 Å². The Labute approximate surface area is 256 Å². The Morgan fingerprint density at radius 2 is 1.81 bits per heavy atom. The average Bonchev–Trinajstić information content (AvgIpc) is 3.63. The minimum Gasteiger partial charge on any atom is -0.494 e. The van der Waals surface area contributed by atoms with E-state index in [-0.39, 0.29) is 41.0 Å². The maximum absolute atomic E-state index is 14.5. The van der Waals surface area contributed by atoms with Crippen LogP contribution in [0.5, 0.6) is 11.5 Å². The van der Waals surface area contributed by atoms with Gasteiger partial charge in [-0.05, 0) is 43.3 Å². The summed E-state index contributed by atoms with van der Waals surface area (Å²) in [6, 6.07) is 10.6. The van der Waals surface area contributed by atoms with Crippen LogP contribution >= 0.6 is 11.6 Å². The molecule has 12 nitrogen and oxygen atoms in total. The van der Waals surface area contributed by atoms with E-state index in [1.165, 1.54) is 37.1 Å². The van der Waals surface area contributed by atoms with Crippen molar-refractivity contribution in [2.45, 2.75) is 44.3 Å². The van der Waals surface area contributed by atoms with Crippen LogP contribution in [0.1, 0.15) is 23.0 Å². The zero-order valence-corrected chi connectivity index (χ0v) is 27.4. The number of amides is 1. The predicted molar refractivity (Wildman–Crippen MR) is 168 cm³/mol. The number of ether oxygens (including phenoxy) is 2. The molecular weight excluding hydrogens is 612 g/mol. The van der Waals surface area contributed by atoms with E-state index in [0.717, 1.165) is 0 Å². The van der Waals surface area contributed by atoms with Crippen molar-refractivity contribution in [1.82, 2.24) is 19.7 Å². The summed E-state index contributed by atoms with van der Waals surface area (Å²) >= 11 is 6.03. The number of methoxy groups -OCH3 is 2. The number of nitrogens with two attached hydrogens (primary N) is 1. The molecule has 0 saturated carbocycles. The number of hydrogen-bond acceptors (Lipinski definition) is 9. The number of benzene rings is 1. The van der Waals surface area contributed by atoms with Gasteiger partial charge >= 0.3 is 0 Å². The Bertz CT molecular complexity index is 1680. The van der Waals surface area contributed by atoms with Crippen LogP contribution < -0.4 is 19.5 Å². The van der Waals surface area contributed by atoms with Gasteiger partial charge in [-0.15, -0.1) is 10.2 Å². The van der Waals surface area contributed by atoms with E-state index in [9.17, 15) is 13.2 Å². The maximum atomic E-state index is 14.5. The molecule has 1 aromatic carbocycles. The van der Waals surface area contributed by atoms with Gasteiger partial charge in [-0.3, -0.25) is 14.3 Å². The van der Waals surface area contributed by atoms with Gasteiger partial charge in [0.2, 0.25) is 21.8 Å². The number of anilines is 1. The van der Waals surface area contributed by atoms with Gasteiger partial charge in [0, 0.05) is 27.2 Å². The number of carbonyl (C=O) groups excluding carboxylic acids is 1. The van der Waals surface area contributed by atoms with E-state index in [0.29, 0.717) is 29.0 Å². The number of nitrogens with zero attached hydrogens (tertiary/aromatic N) is 5. The first-order valence-electron chi connectivity index (χ1n) is 13.4. The van der Waals surface area contributed by atoms with Gasteiger partial charge in [-0.2, -0.15) is 0 Å². The first kappa shape index (κ1) is 32.0. The second kappa shape index (κ2) is 12.8. The summed E-state index contributed by atoms with van der Waals surface area (Å²) in [6.45, 7) is 8.14. The summed E-state index contributed by atoms with van der Waals surface area (Å²) in [6.07, 6.45) is 2.74. The Kier molecular flexibility index (Phi) is 9.52. The van der Waals surface area contributed by atoms with Gasteiger partial charge < -0.3 is 19.6 Å². The van der Waals surface area contributed by atoms with Crippen molar-refractivity contribution < 1.29 is 27.1 Å². The largest absolute Gasteiger partial charge is 0.494 e. The Hall–Kier alpha value is -3.88. The van der Waals surface area contributed by atoms with E-state index in [1.807, 2.05) is 0 Å². The molecule has 0 spiro atoms. The lowest BCUT2D eigenvalue weighted by molar-refractivity contribution is 0.0999. The van der Waals surface area contributed by atoms with Gasteiger partial charge in [0.15, 0.2) is 5.76 Å². The van der Waals surface area contributed by atoms with Crippen LogP contribution in [0.4, 0.5) is 5.95 Å². The molecule has 0 aliphatic rings. The van der Waals surface area contributed by atoms with Crippen molar-refractivity contribution >= 4 is 41.6 Å². The van der Waals surface area contributed by atoms with Gasteiger partial charge in [0.25, 0.3) is 5.91 Å². The van der Waals surface area contributed by atoms with Gasteiger partial charge in [-0.25, -0.2) is 12.7 Å². The molecule has 0 aliphatic carbocycles. The van der Waals surface area contributed by atoms with Crippen LogP contribution in [-0.2, 0) is 16.4 Å². The topological polar surface area (TPSA) is 156 Å². The molecule has 0 saturated heterocycles. The smallest absolute Gasteiger partial charge is 0.250 e. The number of furan rings is 1. The van der Waals surface area contributed by atoms with Crippen LogP contribution in [0.15, 0.2) is 53.3 Å². The number of sulfonamides is 1. The molecule has 3 heterocycles. The third kappa shape index (κ3) is 6.86. The summed E-state index contributed by atoms with van der Waals surface area (Å²) in [5, 5.41) is 7.96. The number of carbonyl (C=O) groups is 1. The highest BCUT2D eigenvalue weighted by molar-refractivity contribution is 7.93. The van der Waals surface area contributed by atoms with Gasteiger partial charge in [0.05, 0.1) is 42.0 Å². The monoisotopic (exact) mass is 646 g/mol. The zero-order valence-electron chi connectivity index (χ0n) is 24.9. The molecule has 1 atom stereocenters. The van der Waals surface area contributed by atoms with Crippen LogP contribution in [-0.4, -0.2) is 68.2 Å². The summed E-state index contributed by atoms with van der Waals surface area (Å²) in [4.78, 5) is 16.4. The lowest BCUT2D eigenvalue weighted by Crippen LogP contribution is -2.43. The predicted octanol–water partition coefficient (Wildman–Crippen LogP) is 4.80. The fraction of sp³-hybridized carbons (Fsp3) is 0.357. The number of pyridine rings is 1. The van der Waals surface area contributed by atoms with Gasteiger partial charge in [-0.1, -0.05) is 37.3 Å². The van der Waals surface area contributed by atoms with Crippen molar-refractivity contribution in [3.05, 3.63) is 65.1 Å². The molecule has 230 valence electrons. The molecule has 43 heavy (non-hydrogen) atoms. The van der Waals surface area contributed by atoms with Crippen molar-refractivity contribution in [2.24, 2.45) is 5.73 Å². The molecule has 0 fully saturated rings. The minimum absolute atomic E-state index is 0.0264. The molecule has 4 aromatic rings. The summed E-state index contributed by atoms with van der Waals surface area (Å²) in [5.74, 6) is 0.688. The summed E-state index contributed by atoms with van der Waals surface area (Å²) in [7, 11) is -2.91. The van der Waals surface area contributed by atoms with Crippen LogP contribution in [0.3, 0.4) is 0 Å². The molecule has 3 aromatic heterocycles. The Morgan fingerprint density at radius 3 is 2.37 bits per heavy atom. The third-order valence-corrected chi connectivity index (χ3v) is 10.9. The SMILES string of the molecule is COc1cccc(OC)c1-n1c(-c2ccco2)nnc1N(CC[Si](C)(C)C)S(=O)(=O)[C@@H](C)Cc1ncc(Cl)cc1C(N)=O. The quantitative estimate of drug-likeness (QED) is 0.202. The third-order valence-electron chi connectivity index (χ3n) is 6.80. The van der Waals surface area contributed by atoms with Crippen LogP contribution in [0, 0.1) is 0 Å². The molecule has 0 bridgehead atoms. The molecule has 0 radical (unpaired) electrons. The van der Waals surface area contributed by atoms with Crippen molar-refractivity contribution in [3.8, 4) is 28.8 Å². The second-order valence-corrected chi connectivity index (χ2v) is 19.4. The van der Waals surface area contributed by atoms with E-state index in [1.54, 1.807) is 41.8 Å². The highest BCUT2D eigenvalue weighted by Gasteiger charge is 2.37. The maximum Gasteiger partial charge on any atom is 0.250 e. The lowest BCUT2D eigenvalue weighted by Gasteiger charge is -2.30. The van der Waals surface area contributed by atoms with E-state index >= 15 is 0 Å². The van der Waals surface area contributed by atoms with E-state index in [4.69, 9.17) is 31.2 Å². The lowest BCUT2D eigenvalue weighted by atomic mass is 10.1. The van der Waals surface area contributed by atoms with Gasteiger partial charge in [0.1, 0.15) is 17.2 Å². The first-order chi connectivity index (χ1) is 20.3. The number of rotatable bonds is 13. The molecule has 0 aliphatic heterocycles. The number of halogens is 1. The Balaban J connectivity index is 1.93. The van der Waals surface area contributed by atoms with Crippen LogP contribution in [0.25, 0.3) is 17.3 Å². The Morgan fingerprint density at radius 1 is 1.14 bits per heavy atom. The van der Waals surface area contributed by atoms with E-state index < -0.39 is 29.3 Å².